The lowest BCUT2D eigenvalue weighted by molar-refractivity contribution is -0.150. The summed E-state index contributed by atoms with van der Waals surface area (Å²) in [5, 5.41) is 0. The quantitative estimate of drug-likeness (QED) is 0.491. The van der Waals surface area contributed by atoms with Gasteiger partial charge in [-0.1, -0.05) is 44.9 Å². The molecule has 2 saturated carbocycles. The average molecular weight is 331 g/mol. The van der Waals surface area contributed by atoms with Gasteiger partial charge in [0.25, 0.3) is 0 Å². The van der Waals surface area contributed by atoms with Gasteiger partial charge in [-0.3, -0.25) is 4.79 Å². The van der Waals surface area contributed by atoms with Crippen LogP contribution in [0.5, 0.6) is 0 Å². The third kappa shape index (κ3) is 2.86. The second-order valence-electron chi connectivity index (χ2n) is 9.46. The van der Waals surface area contributed by atoms with Crippen molar-refractivity contribution in [1.82, 2.24) is 0 Å². The molecule has 0 aromatic heterocycles. The molecule has 2 nitrogen and oxygen atoms in total. The largest absolute Gasteiger partial charge is 0.465 e. The molecule has 0 saturated heterocycles. The minimum atomic E-state index is -0.143. The lowest BCUT2D eigenvalue weighted by Crippen LogP contribution is -2.51. The van der Waals surface area contributed by atoms with E-state index in [9.17, 15) is 4.79 Å². The summed E-state index contributed by atoms with van der Waals surface area (Å²) < 4.78 is 5.49. The van der Waals surface area contributed by atoms with Gasteiger partial charge >= 0.3 is 5.97 Å². The summed E-state index contributed by atoms with van der Waals surface area (Å²) in [6, 6.07) is 0. The van der Waals surface area contributed by atoms with Gasteiger partial charge in [-0.25, -0.2) is 0 Å². The summed E-state index contributed by atoms with van der Waals surface area (Å²) in [5.41, 5.74) is 2.40. The Kier molecular flexibility index (Phi) is 4.47. The van der Waals surface area contributed by atoms with Gasteiger partial charge in [0.15, 0.2) is 0 Å². The lowest BCUT2D eigenvalue weighted by Gasteiger charge is -2.59. The molecule has 134 valence electrons. The average Bonchev–Trinajstić information content (AvgIpc) is 2.52. The van der Waals surface area contributed by atoms with Crippen LogP contribution in [-0.2, 0) is 9.53 Å². The molecule has 0 aromatic rings. The van der Waals surface area contributed by atoms with Crippen LogP contribution in [0.15, 0.2) is 24.3 Å². The van der Waals surface area contributed by atoms with Gasteiger partial charge in [-0.15, -0.1) is 6.58 Å². The molecule has 0 amide bonds. The first-order valence-corrected chi connectivity index (χ1v) is 9.70. The van der Waals surface area contributed by atoms with Crippen molar-refractivity contribution in [2.75, 3.05) is 6.61 Å². The zero-order valence-corrected chi connectivity index (χ0v) is 16.0. The predicted molar refractivity (Wildman–Crippen MR) is 98.5 cm³/mol. The Morgan fingerprint density at radius 1 is 1.33 bits per heavy atom. The summed E-state index contributed by atoms with van der Waals surface area (Å²) >= 11 is 0. The van der Waals surface area contributed by atoms with Crippen molar-refractivity contribution in [3.05, 3.63) is 24.3 Å². The second-order valence-corrected chi connectivity index (χ2v) is 9.46. The molecule has 0 radical (unpaired) electrons. The molecule has 0 spiro atoms. The number of ether oxygens (including phenoxy) is 1. The van der Waals surface area contributed by atoms with Crippen molar-refractivity contribution < 1.29 is 9.53 Å². The van der Waals surface area contributed by atoms with Gasteiger partial charge in [-0.05, 0) is 61.2 Å². The van der Waals surface area contributed by atoms with Crippen LogP contribution in [0.1, 0.15) is 72.6 Å². The molecule has 0 N–H and O–H groups in total. The van der Waals surface area contributed by atoms with E-state index in [0.717, 1.165) is 12.3 Å². The fraction of sp³-hybridized carbons (Fsp3) is 0.773. The highest BCUT2D eigenvalue weighted by Gasteiger charge is 2.55. The van der Waals surface area contributed by atoms with Crippen molar-refractivity contribution in [3.8, 4) is 0 Å². The Hall–Kier alpha value is -1.05. The van der Waals surface area contributed by atoms with E-state index in [0.29, 0.717) is 17.9 Å². The van der Waals surface area contributed by atoms with E-state index in [2.05, 4.69) is 39.5 Å². The number of carbonyl (C=O) groups excluding carboxylic acids is 1. The van der Waals surface area contributed by atoms with E-state index in [-0.39, 0.29) is 16.8 Å². The molecular weight excluding hydrogens is 296 g/mol. The Bertz CT molecular complexity index is 562. The summed E-state index contributed by atoms with van der Waals surface area (Å²) in [4.78, 5) is 11.4. The number of allylic oxidation sites excluding steroid dienone is 3. The van der Waals surface area contributed by atoms with Crippen molar-refractivity contribution >= 4 is 5.97 Å². The molecule has 3 aliphatic carbocycles. The van der Waals surface area contributed by atoms with E-state index >= 15 is 0 Å². The van der Waals surface area contributed by atoms with E-state index in [1.807, 2.05) is 0 Å². The maximum Gasteiger partial charge on any atom is 0.302 e. The minimum Gasteiger partial charge on any atom is -0.465 e. The van der Waals surface area contributed by atoms with Crippen molar-refractivity contribution in [1.29, 1.82) is 0 Å². The fourth-order valence-corrected chi connectivity index (χ4v) is 6.19. The number of rotatable bonds is 3. The van der Waals surface area contributed by atoms with Gasteiger partial charge in [-0.2, -0.15) is 0 Å². The van der Waals surface area contributed by atoms with E-state index < -0.39 is 0 Å². The summed E-state index contributed by atoms with van der Waals surface area (Å²) in [6.07, 6.45) is 13.4. The van der Waals surface area contributed by atoms with E-state index in [1.54, 1.807) is 5.57 Å². The van der Waals surface area contributed by atoms with E-state index in [1.165, 1.54) is 45.4 Å². The van der Waals surface area contributed by atoms with Crippen LogP contribution in [0, 0.1) is 28.1 Å². The minimum absolute atomic E-state index is 0.129. The number of fused-ring (bicyclic) bond motifs is 3. The van der Waals surface area contributed by atoms with Gasteiger partial charge in [0.1, 0.15) is 0 Å². The Morgan fingerprint density at radius 2 is 2.08 bits per heavy atom. The standard InChI is InChI=1S/C22H34O2/c1-6-20(3)13-10-18-17(14-20)8-9-19-21(4,15-24-16(2)23)11-7-12-22(18,19)5/h6,10,17,19H,1,7-9,11-15H2,2-5H3/t17-,19+,20+,21-,22-/m0/s1. The third-order valence-corrected chi connectivity index (χ3v) is 7.56. The topological polar surface area (TPSA) is 26.3 Å². The highest BCUT2D eigenvalue weighted by molar-refractivity contribution is 5.65. The molecule has 0 aliphatic heterocycles. The Morgan fingerprint density at radius 3 is 2.75 bits per heavy atom. The van der Waals surface area contributed by atoms with Crippen molar-refractivity contribution in [2.45, 2.75) is 72.6 Å². The van der Waals surface area contributed by atoms with Gasteiger partial charge in [0, 0.05) is 12.3 Å². The zero-order valence-electron chi connectivity index (χ0n) is 16.0. The molecule has 0 aromatic carbocycles. The lowest BCUT2D eigenvalue weighted by atomic mass is 9.46. The molecule has 2 fully saturated rings. The van der Waals surface area contributed by atoms with Gasteiger partial charge < -0.3 is 4.74 Å². The summed E-state index contributed by atoms with van der Waals surface area (Å²) in [7, 11) is 0. The molecule has 3 rings (SSSR count). The van der Waals surface area contributed by atoms with Crippen LogP contribution < -0.4 is 0 Å². The number of esters is 1. The third-order valence-electron chi connectivity index (χ3n) is 7.56. The molecule has 0 unspecified atom stereocenters. The van der Waals surface area contributed by atoms with Gasteiger partial charge in [0.05, 0.1) is 6.61 Å². The molecule has 0 heterocycles. The Balaban J connectivity index is 1.89. The zero-order chi connectivity index (χ0) is 17.6. The van der Waals surface area contributed by atoms with E-state index in [4.69, 9.17) is 4.74 Å². The molecule has 2 heteroatoms. The fourth-order valence-electron chi connectivity index (χ4n) is 6.19. The highest BCUT2D eigenvalue weighted by atomic mass is 16.5. The van der Waals surface area contributed by atoms with Crippen LogP contribution in [0.3, 0.4) is 0 Å². The normalized spacial score (nSPS) is 44.8. The SMILES string of the molecule is C=C[C@]1(C)CC=C2[C@@H](CC[C@@H]3[C@](C)(COC(C)=O)CCC[C@@]23C)C1. The molecule has 5 atom stereocenters. The van der Waals surface area contributed by atoms with Crippen LogP contribution in [-0.4, -0.2) is 12.6 Å². The van der Waals surface area contributed by atoms with Crippen molar-refractivity contribution in [2.24, 2.45) is 28.1 Å². The molecular formula is C22H34O2. The number of hydrogen-bond donors (Lipinski definition) is 0. The molecule has 0 bridgehead atoms. The predicted octanol–water partition coefficient (Wildman–Crippen LogP) is 5.68. The summed E-state index contributed by atoms with van der Waals surface area (Å²) in [6.45, 7) is 13.4. The monoisotopic (exact) mass is 330 g/mol. The Labute approximate surface area is 147 Å². The van der Waals surface area contributed by atoms with Crippen LogP contribution >= 0.6 is 0 Å². The van der Waals surface area contributed by atoms with Crippen molar-refractivity contribution in [3.63, 3.8) is 0 Å². The molecule has 24 heavy (non-hydrogen) atoms. The smallest absolute Gasteiger partial charge is 0.302 e. The first-order chi connectivity index (χ1) is 11.2. The van der Waals surface area contributed by atoms with Crippen LogP contribution in [0.2, 0.25) is 0 Å². The second kappa shape index (κ2) is 6.04. The maximum atomic E-state index is 11.4. The first kappa shape index (κ1) is 17.8. The molecule has 3 aliphatic rings. The summed E-state index contributed by atoms with van der Waals surface area (Å²) in [5.74, 6) is 1.21. The number of carbonyl (C=O) groups is 1. The van der Waals surface area contributed by atoms with Gasteiger partial charge in [0.2, 0.25) is 0 Å². The van der Waals surface area contributed by atoms with Crippen LogP contribution in [0.25, 0.3) is 0 Å². The van der Waals surface area contributed by atoms with Crippen LogP contribution in [0.4, 0.5) is 0 Å². The highest BCUT2D eigenvalue weighted by Crippen LogP contribution is 2.63. The maximum absolute atomic E-state index is 11.4. The first-order valence-electron chi connectivity index (χ1n) is 9.70. The number of hydrogen-bond acceptors (Lipinski definition) is 2.